The number of carbonyl (C=O) groups is 2. The summed E-state index contributed by atoms with van der Waals surface area (Å²) in [5, 5.41) is 11.3. The molecular formula is C12H12N2O3. The minimum absolute atomic E-state index is 0.211. The van der Waals surface area contributed by atoms with Gasteiger partial charge in [-0.1, -0.05) is 0 Å². The molecule has 1 rings (SSSR count). The molecule has 88 valence electrons. The molecule has 1 aromatic heterocycles. The quantitative estimate of drug-likeness (QED) is 0.731. The largest absolute Gasteiger partial charge is 0.480 e. The Hall–Kier alpha value is -2.35. The Balaban J connectivity index is 2.65. The number of terminal acetylenes is 1. The third-order valence-corrected chi connectivity index (χ3v) is 2.12. The van der Waals surface area contributed by atoms with E-state index in [0.717, 1.165) is 0 Å². The number of amides is 1. The van der Waals surface area contributed by atoms with Crippen LogP contribution in [0, 0.1) is 12.3 Å². The van der Waals surface area contributed by atoms with Crippen LogP contribution >= 0.6 is 0 Å². The molecule has 0 unspecified atom stereocenters. The van der Waals surface area contributed by atoms with Crippen LogP contribution in [0.3, 0.4) is 0 Å². The van der Waals surface area contributed by atoms with Gasteiger partial charge in [0.15, 0.2) is 0 Å². The van der Waals surface area contributed by atoms with E-state index in [-0.39, 0.29) is 6.42 Å². The molecule has 0 saturated heterocycles. The fourth-order valence-corrected chi connectivity index (χ4v) is 1.23. The molecule has 1 heterocycles. The molecule has 2 N–H and O–H groups in total. The summed E-state index contributed by atoms with van der Waals surface area (Å²) in [6.45, 7) is 0. The van der Waals surface area contributed by atoms with Crippen molar-refractivity contribution >= 4 is 11.9 Å². The standard InChI is InChI=1S/C12H12N2O3/c1-2-3-4-10(12(16)17)14-11(15)9-5-7-13-8-6-9/h1,5-8,10H,3-4H2,(H,14,15)(H,16,17)/t10-/m0/s1. The average Bonchev–Trinajstić information content (AvgIpc) is 2.35. The number of pyridine rings is 1. The summed E-state index contributed by atoms with van der Waals surface area (Å²) in [5.74, 6) is 0.799. The first-order valence-electron chi connectivity index (χ1n) is 5.02. The van der Waals surface area contributed by atoms with Crippen LogP contribution in [0.2, 0.25) is 0 Å². The van der Waals surface area contributed by atoms with Gasteiger partial charge in [0, 0.05) is 24.4 Å². The molecule has 0 bridgehead atoms. The summed E-state index contributed by atoms with van der Waals surface area (Å²) in [6, 6.07) is 2.05. The Bertz CT molecular complexity index is 437. The molecule has 0 spiro atoms. The van der Waals surface area contributed by atoms with Crippen LogP contribution in [-0.4, -0.2) is 28.0 Å². The van der Waals surface area contributed by atoms with Gasteiger partial charge < -0.3 is 10.4 Å². The molecular weight excluding hydrogens is 220 g/mol. The maximum Gasteiger partial charge on any atom is 0.326 e. The minimum Gasteiger partial charge on any atom is -0.480 e. The highest BCUT2D eigenvalue weighted by Gasteiger charge is 2.19. The summed E-state index contributed by atoms with van der Waals surface area (Å²) in [5.41, 5.74) is 0.368. The Morgan fingerprint density at radius 3 is 2.65 bits per heavy atom. The van der Waals surface area contributed by atoms with Gasteiger partial charge in [-0.15, -0.1) is 12.3 Å². The monoisotopic (exact) mass is 232 g/mol. The third kappa shape index (κ3) is 3.95. The van der Waals surface area contributed by atoms with Crippen molar-refractivity contribution in [2.75, 3.05) is 0 Å². The van der Waals surface area contributed by atoms with E-state index in [4.69, 9.17) is 11.5 Å². The van der Waals surface area contributed by atoms with Crippen molar-refractivity contribution in [2.24, 2.45) is 0 Å². The van der Waals surface area contributed by atoms with Gasteiger partial charge in [-0.25, -0.2) is 4.79 Å². The first-order valence-corrected chi connectivity index (χ1v) is 5.02. The molecule has 0 radical (unpaired) electrons. The molecule has 17 heavy (non-hydrogen) atoms. The Labute approximate surface area is 98.9 Å². The van der Waals surface area contributed by atoms with Crippen molar-refractivity contribution in [3.8, 4) is 12.3 Å². The molecule has 0 aliphatic heterocycles. The first kappa shape index (κ1) is 12.7. The Morgan fingerprint density at radius 1 is 1.47 bits per heavy atom. The summed E-state index contributed by atoms with van der Waals surface area (Å²) < 4.78 is 0. The number of nitrogens with zero attached hydrogens (tertiary/aromatic N) is 1. The van der Waals surface area contributed by atoms with Crippen LogP contribution in [-0.2, 0) is 4.79 Å². The summed E-state index contributed by atoms with van der Waals surface area (Å²) >= 11 is 0. The van der Waals surface area contributed by atoms with Crippen molar-refractivity contribution in [2.45, 2.75) is 18.9 Å². The van der Waals surface area contributed by atoms with E-state index in [2.05, 4.69) is 16.2 Å². The lowest BCUT2D eigenvalue weighted by Gasteiger charge is -2.12. The van der Waals surface area contributed by atoms with Gasteiger partial charge >= 0.3 is 5.97 Å². The van der Waals surface area contributed by atoms with Crippen molar-refractivity contribution < 1.29 is 14.7 Å². The second kappa shape index (κ2) is 6.28. The number of carbonyl (C=O) groups excluding carboxylic acids is 1. The number of nitrogens with one attached hydrogen (secondary N) is 1. The van der Waals surface area contributed by atoms with E-state index in [1.165, 1.54) is 24.5 Å². The van der Waals surface area contributed by atoms with Gasteiger partial charge in [-0.2, -0.15) is 0 Å². The first-order chi connectivity index (χ1) is 8.15. The molecule has 0 aromatic carbocycles. The number of carboxylic acids is 1. The zero-order chi connectivity index (χ0) is 12.7. The lowest BCUT2D eigenvalue weighted by atomic mass is 10.1. The number of carboxylic acid groups (broad SMARTS) is 1. The highest BCUT2D eigenvalue weighted by molar-refractivity contribution is 5.96. The second-order valence-electron chi connectivity index (χ2n) is 3.34. The van der Waals surface area contributed by atoms with Crippen LogP contribution in [0.4, 0.5) is 0 Å². The van der Waals surface area contributed by atoms with Crippen LogP contribution in [0.25, 0.3) is 0 Å². The van der Waals surface area contributed by atoms with Gasteiger partial charge in [-0.05, 0) is 18.6 Å². The zero-order valence-electron chi connectivity index (χ0n) is 9.09. The molecule has 0 aliphatic carbocycles. The van der Waals surface area contributed by atoms with Crippen molar-refractivity contribution in [3.63, 3.8) is 0 Å². The predicted octanol–water partition coefficient (Wildman–Crippen LogP) is 0.678. The Morgan fingerprint density at radius 2 is 2.12 bits per heavy atom. The maximum absolute atomic E-state index is 11.7. The fraction of sp³-hybridized carbons (Fsp3) is 0.250. The molecule has 1 amide bonds. The highest BCUT2D eigenvalue weighted by atomic mass is 16.4. The van der Waals surface area contributed by atoms with Crippen LogP contribution in [0.1, 0.15) is 23.2 Å². The zero-order valence-corrected chi connectivity index (χ0v) is 9.09. The van der Waals surface area contributed by atoms with Gasteiger partial charge in [-0.3, -0.25) is 9.78 Å². The maximum atomic E-state index is 11.7. The summed E-state index contributed by atoms with van der Waals surface area (Å²) in [6.07, 6.45) is 8.49. The lowest BCUT2D eigenvalue weighted by Crippen LogP contribution is -2.40. The molecule has 0 saturated carbocycles. The molecule has 0 aliphatic rings. The van der Waals surface area contributed by atoms with E-state index in [0.29, 0.717) is 12.0 Å². The second-order valence-corrected chi connectivity index (χ2v) is 3.34. The van der Waals surface area contributed by atoms with E-state index < -0.39 is 17.9 Å². The number of aliphatic carboxylic acids is 1. The Kier molecular flexibility index (Phi) is 4.70. The van der Waals surface area contributed by atoms with E-state index in [1.807, 2.05) is 0 Å². The number of rotatable bonds is 5. The molecule has 1 aromatic rings. The summed E-state index contributed by atoms with van der Waals surface area (Å²) in [4.78, 5) is 26.3. The summed E-state index contributed by atoms with van der Waals surface area (Å²) in [7, 11) is 0. The lowest BCUT2D eigenvalue weighted by molar-refractivity contribution is -0.139. The number of hydrogen-bond donors (Lipinski definition) is 2. The average molecular weight is 232 g/mol. The minimum atomic E-state index is -1.09. The van der Waals surface area contributed by atoms with Crippen LogP contribution in [0.5, 0.6) is 0 Å². The number of hydrogen-bond acceptors (Lipinski definition) is 3. The molecule has 0 fully saturated rings. The SMILES string of the molecule is C#CCC[C@H](NC(=O)c1ccncc1)C(=O)O. The third-order valence-electron chi connectivity index (χ3n) is 2.12. The fourth-order valence-electron chi connectivity index (χ4n) is 1.23. The van der Waals surface area contributed by atoms with Gasteiger partial charge in [0.25, 0.3) is 5.91 Å². The van der Waals surface area contributed by atoms with Crippen molar-refractivity contribution in [1.29, 1.82) is 0 Å². The topological polar surface area (TPSA) is 79.3 Å². The highest BCUT2D eigenvalue weighted by Crippen LogP contribution is 2.01. The molecule has 1 atom stereocenters. The molecule has 5 nitrogen and oxygen atoms in total. The van der Waals surface area contributed by atoms with Crippen LogP contribution in [0.15, 0.2) is 24.5 Å². The number of aromatic nitrogens is 1. The van der Waals surface area contributed by atoms with Gasteiger partial charge in [0.2, 0.25) is 0 Å². The van der Waals surface area contributed by atoms with E-state index in [1.54, 1.807) is 0 Å². The van der Waals surface area contributed by atoms with Crippen molar-refractivity contribution in [3.05, 3.63) is 30.1 Å². The molecule has 5 heteroatoms. The van der Waals surface area contributed by atoms with E-state index >= 15 is 0 Å². The van der Waals surface area contributed by atoms with E-state index in [9.17, 15) is 9.59 Å². The normalized spacial score (nSPS) is 11.2. The van der Waals surface area contributed by atoms with Gasteiger partial charge in [0.05, 0.1) is 0 Å². The smallest absolute Gasteiger partial charge is 0.326 e. The predicted molar refractivity (Wildman–Crippen MR) is 61.2 cm³/mol. The van der Waals surface area contributed by atoms with Gasteiger partial charge in [0.1, 0.15) is 6.04 Å². The van der Waals surface area contributed by atoms with Crippen LogP contribution < -0.4 is 5.32 Å². The van der Waals surface area contributed by atoms with Crippen molar-refractivity contribution in [1.82, 2.24) is 10.3 Å².